The number of methoxy groups -OCH3 is 1. The van der Waals surface area contributed by atoms with Crippen molar-refractivity contribution < 1.29 is 27.9 Å². The predicted molar refractivity (Wildman–Crippen MR) is 164 cm³/mol. The Hall–Kier alpha value is -2.83. The molecule has 3 N–H and O–H groups in total. The van der Waals surface area contributed by atoms with Crippen LogP contribution in [0.4, 0.5) is 0 Å². The second kappa shape index (κ2) is 18.0. The number of benzene rings is 2. The Kier molecular flexibility index (Phi) is 15.1. The number of ether oxygens (including phenoxy) is 1. The minimum absolute atomic E-state index is 0.0238. The van der Waals surface area contributed by atoms with Crippen LogP contribution >= 0.6 is 0 Å². The molecule has 2 amide bonds. The van der Waals surface area contributed by atoms with E-state index in [0.29, 0.717) is 13.2 Å². The maximum absolute atomic E-state index is 13.7. The Labute approximate surface area is 251 Å². The summed E-state index contributed by atoms with van der Waals surface area (Å²) in [5, 5.41) is 15.9. The van der Waals surface area contributed by atoms with Crippen LogP contribution in [0, 0.1) is 11.8 Å². The normalized spacial score (nSPS) is 14.0. The van der Waals surface area contributed by atoms with Crippen LogP contribution in [0.1, 0.15) is 46.1 Å². The lowest BCUT2D eigenvalue weighted by molar-refractivity contribution is -0.148. The van der Waals surface area contributed by atoms with E-state index in [-0.39, 0.29) is 55.1 Å². The van der Waals surface area contributed by atoms with E-state index in [1.165, 1.54) is 21.4 Å². The SMILES string of the molecule is CC[C@H](C)CC(=O)N(NC(=O)CNCCOC)C(Cc1ccccc1)[C@H](O)CN(CC(C)C)S(=O)(=O)c1ccccc1. The summed E-state index contributed by atoms with van der Waals surface area (Å²) in [4.78, 5) is 26.8. The lowest BCUT2D eigenvalue weighted by Gasteiger charge is -2.37. The van der Waals surface area contributed by atoms with Gasteiger partial charge in [-0.3, -0.25) is 15.0 Å². The Morgan fingerprint density at radius 2 is 1.60 bits per heavy atom. The van der Waals surface area contributed by atoms with Crippen molar-refractivity contribution in [2.75, 3.05) is 39.9 Å². The summed E-state index contributed by atoms with van der Waals surface area (Å²) in [7, 11) is -2.38. The van der Waals surface area contributed by atoms with Crippen LogP contribution in [-0.2, 0) is 30.8 Å². The van der Waals surface area contributed by atoms with E-state index >= 15 is 0 Å². The number of aliphatic hydroxyl groups is 1. The van der Waals surface area contributed by atoms with Gasteiger partial charge in [0.25, 0.3) is 5.91 Å². The molecule has 2 aromatic rings. The van der Waals surface area contributed by atoms with Crippen LogP contribution in [0.3, 0.4) is 0 Å². The van der Waals surface area contributed by atoms with Crippen molar-refractivity contribution in [3.05, 3.63) is 66.2 Å². The zero-order valence-electron chi connectivity index (χ0n) is 25.5. The molecule has 3 atom stereocenters. The molecule has 10 nitrogen and oxygen atoms in total. The van der Waals surface area contributed by atoms with E-state index < -0.39 is 28.1 Å². The predicted octanol–water partition coefficient (Wildman–Crippen LogP) is 2.84. The molecule has 0 aliphatic heterocycles. The summed E-state index contributed by atoms with van der Waals surface area (Å²) in [5.74, 6) is -0.785. The number of hydrazine groups is 1. The van der Waals surface area contributed by atoms with Crippen LogP contribution in [-0.4, -0.2) is 86.7 Å². The number of hydrogen-bond acceptors (Lipinski definition) is 7. The zero-order valence-corrected chi connectivity index (χ0v) is 26.3. The van der Waals surface area contributed by atoms with E-state index in [9.17, 15) is 23.1 Å². The Balaban J connectivity index is 2.47. The highest BCUT2D eigenvalue weighted by atomic mass is 32.2. The van der Waals surface area contributed by atoms with Crippen molar-refractivity contribution in [2.24, 2.45) is 11.8 Å². The zero-order chi connectivity index (χ0) is 31.1. The van der Waals surface area contributed by atoms with Crippen molar-refractivity contribution in [2.45, 2.75) is 64.0 Å². The molecule has 2 rings (SSSR count). The highest BCUT2D eigenvalue weighted by Gasteiger charge is 2.36. The van der Waals surface area contributed by atoms with E-state index in [0.717, 1.165) is 12.0 Å². The molecule has 1 unspecified atom stereocenters. The first-order valence-corrected chi connectivity index (χ1v) is 16.0. The van der Waals surface area contributed by atoms with Crippen molar-refractivity contribution in [3.8, 4) is 0 Å². The molecule has 0 radical (unpaired) electrons. The fourth-order valence-electron chi connectivity index (χ4n) is 4.43. The summed E-state index contributed by atoms with van der Waals surface area (Å²) >= 11 is 0. The van der Waals surface area contributed by atoms with Gasteiger partial charge in [0.05, 0.1) is 30.2 Å². The third-order valence-electron chi connectivity index (χ3n) is 6.91. The van der Waals surface area contributed by atoms with Gasteiger partial charge in [-0.05, 0) is 36.0 Å². The van der Waals surface area contributed by atoms with Gasteiger partial charge >= 0.3 is 0 Å². The van der Waals surface area contributed by atoms with Crippen molar-refractivity contribution in [1.29, 1.82) is 0 Å². The fourth-order valence-corrected chi connectivity index (χ4v) is 6.07. The van der Waals surface area contributed by atoms with Crippen molar-refractivity contribution in [1.82, 2.24) is 20.1 Å². The van der Waals surface area contributed by atoms with Gasteiger partial charge in [0.2, 0.25) is 15.9 Å². The lowest BCUT2D eigenvalue weighted by atomic mass is 9.98. The molecule has 0 spiro atoms. The van der Waals surface area contributed by atoms with Crippen LogP contribution in [0.5, 0.6) is 0 Å². The quantitative estimate of drug-likeness (QED) is 0.176. The summed E-state index contributed by atoms with van der Waals surface area (Å²) in [6, 6.07) is 16.5. The first-order chi connectivity index (χ1) is 20.0. The number of carbonyl (C=O) groups is 2. The molecule has 42 heavy (non-hydrogen) atoms. The molecule has 0 saturated carbocycles. The third kappa shape index (κ3) is 11.4. The Morgan fingerprint density at radius 3 is 2.17 bits per heavy atom. The third-order valence-corrected chi connectivity index (χ3v) is 8.75. The van der Waals surface area contributed by atoms with Gasteiger partial charge in [0.1, 0.15) is 0 Å². The van der Waals surface area contributed by atoms with Gasteiger partial charge in [-0.15, -0.1) is 0 Å². The van der Waals surface area contributed by atoms with Crippen LogP contribution < -0.4 is 10.7 Å². The Morgan fingerprint density at radius 1 is 0.976 bits per heavy atom. The number of aliphatic hydroxyl groups excluding tert-OH is 1. The number of nitrogens with one attached hydrogen (secondary N) is 2. The fraction of sp³-hybridized carbons (Fsp3) is 0.548. The molecule has 2 aromatic carbocycles. The monoisotopic (exact) mass is 604 g/mol. The van der Waals surface area contributed by atoms with Crippen molar-refractivity contribution in [3.63, 3.8) is 0 Å². The van der Waals surface area contributed by atoms with Crippen LogP contribution in [0.2, 0.25) is 0 Å². The van der Waals surface area contributed by atoms with E-state index in [1.807, 2.05) is 58.0 Å². The summed E-state index contributed by atoms with van der Waals surface area (Å²) in [5.41, 5.74) is 3.55. The molecule has 0 aliphatic rings. The highest BCUT2D eigenvalue weighted by molar-refractivity contribution is 7.89. The Bertz CT molecular complexity index is 1180. The first kappa shape index (κ1) is 35.4. The van der Waals surface area contributed by atoms with Crippen molar-refractivity contribution >= 4 is 21.8 Å². The van der Waals surface area contributed by atoms with Gasteiger partial charge in [0, 0.05) is 33.2 Å². The summed E-state index contributed by atoms with van der Waals surface area (Å²) in [6.45, 7) is 8.44. The van der Waals surface area contributed by atoms with Gasteiger partial charge in [-0.25, -0.2) is 13.4 Å². The largest absolute Gasteiger partial charge is 0.390 e. The number of sulfonamides is 1. The average molecular weight is 605 g/mol. The second-order valence-electron chi connectivity index (χ2n) is 11.0. The molecule has 0 heterocycles. The minimum atomic E-state index is -3.95. The van der Waals surface area contributed by atoms with Gasteiger partial charge in [-0.2, -0.15) is 4.31 Å². The van der Waals surface area contributed by atoms with Gasteiger partial charge in [-0.1, -0.05) is 82.6 Å². The number of hydrogen-bond donors (Lipinski definition) is 3. The van der Waals surface area contributed by atoms with Crippen LogP contribution in [0.25, 0.3) is 0 Å². The maximum atomic E-state index is 13.7. The molecule has 0 bridgehead atoms. The molecule has 11 heteroatoms. The molecule has 0 aromatic heterocycles. The highest BCUT2D eigenvalue weighted by Crippen LogP contribution is 2.21. The van der Waals surface area contributed by atoms with Gasteiger partial charge < -0.3 is 15.2 Å². The number of rotatable bonds is 18. The number of carbonyl (C=O) groups excluding carboxylic acids is 2. The topological polar surface area (TPSA) is 128 Å². The standard InChI is InChI=1S/C31H48N4O6S/c1-6-25(4)19-31(38)35(33-30(37)21-32-17-18-41-5)28(20-26-13-9-7-10-14-26)29(36)23-34(22-24(2)3)42(39,40)27-15-11-8-12-16-27/h7-16,24-25,28-29,32,36H,6,17-23H2,1-5H3,(H,33,37)/t25-,28?,29+/m0/s1. The minimum Gasteiger partial charge on any atom is -0.390 e. The number of nitrogens with zero attached hydrogens (tertiary/aromatic N) is 2. The van der Waals surface area contributed by atoms with E-state index in [4.69, 9.17) is 4.74 Å². The van der Waals surface area contributed by atoms with Crippen LogP contribution in [0.15, 0.2) is 65.6 Å². The first-order valence-electron chi connectivity index (χ1n) is 14.6. The average Bonchev–Trinajstić information content (AvgIpc) is 2.97. The molecular formula is C31H48N4O6S. The summed E-state index contributed by atoms with van der Waals surface area (Å²) in [6.07, 6.45) is -0.198. The van der Waals surface area contributed by atoms with Gasteiger partial charge in [0.15, 0.2) is 0 Å². The molecular weight excluding hydrogens is 556 g/mol. The second-order valence-corrected chi connectivity index (χ2v) is 13.0. The van der Waals surface area contributed by atoms with E-state index in [2.05, 4.69) is 10.7 Å². The smallest absolute Gasteiger partial charge is 0.252 e. The van der Waals surface area contributed by atoms with E-state index in [1.54, 1.807) is 25.3 Å². The molecule has 0 saturated heterocycles. The molecule has 0 fully saturated rings. The summed E-state index contributed by atoms with van der Waals surface area (Å²) < 4.78 is 33.6. The molecule has 0 aliphatic carbocycles. The lowest BCUT2D eigenvalue weighted by Crippen LogP contribution is -2.60. The molecule has 234 valence electrons. The number of amides is 2. The maximum Gasteiger partial charge on any atom is 0.252 e.